The fourth-order valence-electron chi connectivity index (χ4n) is 5.05. The largest absolute Gasteiger partial charge is 0.353 e. The maximum Gasteiger partial charge on any atom is 0.255 e. The number of allylic oxidation sites excluding steroid dienone is 1. The van der Waals surface area contributed by atoms with Gasteiger partial charge in [0.05, 0.1) is 23.1 Å². The lowest BCUT2D eigenvalue weighted by molar-refractivity contribution is -0.114. The molecule has 2 heterocycles. The molecular weight excluding hydrogens is 487 g/mol. The van der Waals surface area contributed by atoms with Crippen molar-refractivity contribution in [1.82, 2.24) is 4.90 Å². The molecule has 5 rings (SSSR count). The third-order valence-corrected chi connectivity index (χ3v) is 7.65. The van der Waals surface area contributed by atoms with Crippen LogP contribution in [0, 0.1) is 5.82 Å². The summed E-state index contributed by atoms with van der Waals surface area (Å²) in [6.45, 7) is 5.84. The van der Waals surface area contributed by atoms with Crippen LogP contribution in [-0.4, -0.2) is 38.7 Å². The number of amides is 1. The average molecular weight is 517 g/mol. The average Bonchev–Trinajstić information content (AvgIpc) is 3.21. The Morgan fingerprint density at radius 3 is 2.32 bits per heavy atom. The number of aliphatic imine (C=N–C) groups is 1. The number of rotatable bonds is 6. The van der Waals surface area contributed by atoms with Gasteiger partial charge in [-0.15, -0.1) is 0 Å². The molecule has 0 spiro atoms. The number of aliphatic hydroxyl groups is 1. The van der Waals surface area contributed by atoms with Crippen molar-refractivity contribution >= 4 is 34.2 Å². The first kappa shape index (κ1) is 25.0. The van der Waals surface area contributed by atoms with Gasteiger partial charge >= 0.3 is 0 Å². The van der Waals surface area contributed by atoms with E-state index in [1.54, 1.807) is 19.1 Å². The Balaban J connectivity index is 1.65. The van der Waals surface area contributed by atoms with Gasteiger partial charge in [-0.3, -0.25) is 9.69 Å². The Kier molecular flexibility index (Phi) is 6.79. The summed E-state index contributed by atoms with van der Waals surface area (Å²) in [5, 5.41) is 16.0. The Bertz CT molecular complexity index is 1350. The molecule has 3 aromatic carbocycles. The Morgan fingerprint density at radius 2 is 1.70 bits per heavy atom. The summed E-state index contributed by atoms with van der Waals surface area (Å²) in [5.74, 6) is -1.88. The quantitative estimate of drug-likeness (QED) is 0.408. The van der Waals surface area contributed by atoms with Crippen LogP contribution in [0.15, 0.2) is 101 Å². The zero-order chi connectivity index (χ0) is 26.2. The van der Waals surface area contributed by atoms with E-state index >= 15 is 0 Å². The standard InChI is InChI=1S/C29H29FN4O2S/c1-19(2)33(24-12-8-5-9-13-24)29(36)18-37-28-31-20(3)25(27(35)32-23-10-6-4-7-11-23)26(34(28)29)21-14-16-22(30)17-15-21/h4-17,19,26,36H,18H2,1-3H3,(H,32,35)/t26-,29+/m1/s1. The van der Waals surface area contributed by atoms with Crippen LogP contribution in [-0.2, 0) is 4.79 Å². The minimum absolute atomic E-state index is 0.0742. The van der Waals surface area contributed by atoms with E-state index < -0.39 is 11.9 Å². The van der Waals surface area contributed by atoms with Gasteiger partial charge in [0.15, 0.2) is 5.17 Å². The Labute approximate surface area is 220 Å². The Morgan fingerprint density at radius 1 is 1.08 bits per heavy atom. The number of halogens is 1. The number of thioether (sulfide) groups is 1. The van der Waals surface area contributed by atoms with E-state index in [-0.39, 0.29) is 17.8 Å². The van der Waals surface area contributed by atoms with Gasteiger partial charge in [-0.2, -0.15) is 0 Å². The highest BCUT2D eigenvalue weighted by molar-refractivity contribution is 8.14. The van der Waals surface area contributed by atoms with Crippen molar-refractivity contribution in [2.24, 2.45) is 4.99 Å². The highest BCUT2D eigenvalue weighted by Crippen LogP contribution is 2.48. The molecule has 0 aromatic heterocycles. The summed E-state index contributed by atoms with van der Waals surface area (Å²) in [6.07, 6.45) is 0. The number of carbonyl (C=O) groups is 1. The van der Waals surface area contributed by atoms with E-state index in [0.29, 0.717) is 33.4 Å². The fraction of sp³-hybridized carbons (Fsp3) is 0.241. The van der Waals surface area contributed by atoms with Crippen LogP contribution in [0.4, 0.5) is 15.8 Å². The predicted octanol–water partition coefficient (Wildman–Crippen LogP) is 5.76. The van der Waals surface area contributed by atoms with E-state index in [1.807, 2.05) is 84.3 Å². The van der Waals surface area contributed by atoms with Crippen LogP contribution >= 0.6 is 11.8 Å². The first-order valence-electron chi connectivity index (χ1n) is 12.2. The molecule has 3 aromatic rings. The summed E-state index contributed by atoms with van der Waals surface area (Å²) in [7, 11) is 0. The molecule has 1 saturated heterocycles. The van der Waals surface area contributed by atoms with Crippen LogP contribution in [0.1, 0.15) is 32.4 Å². The van der Waals surface area contributed by atoms with E-state index in [2.05, 4.69) is 5.32 Å². The number of nitrogens with one attached hydrogen (secondary N) is 1. The summed E-state index contributed by atoms with van der Waals surface area (Å²) >= 11 is 1.44. The van der Waals surface area contributed by atoms with Crippen molar-refractivity contribution in [2.45, 2.75) is 38.7 Å². The predicted molar refractivity (Wildman–Crippen MR) is 148 cm³/mol. The van der Waals surface area contributed by atoms with Crippen LogP contribution in [0.5, 0.6) is 0 Å². The molecule has 2 atom stereocenters. The summed E-state index contributed by atoms with van der Waals surface area (Å²) in [5.41, 5.74) is 3.14. The lowest BCUT2D eigenvalue weighted by Gasteiger charge is -2.50. The van der Waals surface area contributed by atoms with Crippen molar-refractivity contribution in [3.8, 4) is 0 Å². The maximum atomic E-state index is 14.0. The van der Waals surface area contributed by atoms with Gasteiger partial charge in [0.2, 0.25) is 5.85 Å². The van der Waals surface area contributed by atoms with Gasteiger partial charge in [-0.05, 0) is 62.7 Å². The normalized spacial score (nSPS) is 21.1. The van der Waals surface area contributed by atoms with Gasteiger partial charge in [0.25, 0.3) is 5.91 Å². The minimum atomic E-state index is -1.50. The van der Waals surface area contributed by atoms with E-state index in [0.717, 1.165) is 5.69 Å². The Hall–Kier alpha value is -3.62. The van der Waals surface area contributed by atoms with E-state index in [9.17, 15) is 14.3 Å². The molecule has 190 valence electrons. The van der Waals surface area contributed by atoms with Gasteiger partial charge in [0, 0.05) is 17.4 Å². The maximum absolute atomic E-state index is 14.0. The van der Waals surface area contributed by atoms with E-state index in [1.165, 1.54) is 23.9 Å². The number of benzene rings is 3. The van der Waals surface area contributed by atoms with Crippen LogP contribution in [0.3, 0.4) is 0 Å². The molecule has 2 aliphatic rings. The van der Waals surface area contributed by atoms with Gasteiger partial charge in [0.1, 0.15) is 5.82 Å². The summed E-state index contributed by atoms with van der Waals surface area (Å²) in [4.78, 5) is 22.3. The smallest absolute Gasteiger partial charge is 0.255 e. The number of hydrogen-bond donors (Lipinski definition) is 2. The lowest BCUT2D eigenvalue weighted by Crippen LogP contribution is -2.64. The number of nitrogens with zero attached hydrogens (tertiary/aromatic N) is 3. The summed E-state index contributed by atoms with van der Waals surface area (Å²) < 4.78 is 14.0. The summed E-state index contributed by atoms with van der Waals surface area (Å²) in [6, 6.07) is 24.2. The minimum Gasteiger partial charge on any atom is -0.353 e. The second-order valence-corrected chi connectivity index (χ2v) is 10.3. The number of anilines is 2. The fourth-order valence-corrected chi connectivity index (χ4v) is 6.24. The molecular formula is C29H29FN4O2S. The number of hydrogen-bond acceptors (Lipinski definition) is 6. The second kappa shape index (κ2) is 10.0. The molecule has 6 nitrogen and oxygen atoms in total. The van der Waals surface area contributed by atoms with Gasteiger partial charge < -0.3 is 15.3 Å². The first-order chi connectivity index (χ1) is 17.8. The molecule has 0 radical (unpaired) electrons. The molecule has 2 aliphatic heterocycles. The molecule has 2 N–H and O–H groups in total. The van der Waals surface area contributed by atoms with Crippen LogP contribution in [0.2, 0.25) is 0 Å². The molecule has 0 saturated carbocycles. The first-order valence-corrected chi connectivity index (χ1v) is 13.2. The molecule has 1 amide bonds. The highest BCUT2D eigenvalue weighted by atomic mass is 32.2. The number of carbonyl (C=O) groups excluding carboxylic acids is 1. The third-order valence-electron chi connectivity index (χ3n) is 6.57. The van der Waals surface area contributed by atoms with Crippen LogP contribution in [0.25, 0.3) is 0 Å². The SMILES string of the molecule is CC1=C(C(=O)Nc2ccccc2)[C@@H](c2ccc(F)cc2)N2C(=N1)SC[C@]2(O)N(c1ccccc1)C(C)C. The number of fused-ring (bicyclic) bond motifs is 1. The topological polar surface area (TPSA) is 68.2 Å². The van der Waals surface area contributed by atoms with Crippen molar-refractivity contribution < 1.29 is 14.3 Å². The second-order valence-electron chi connectivity index (χ2n) is 9.40. The molecule has 8 heteroatoms. The van der Waals surface area contributed by atoms with Crippen molar-refractivity contribution in [3.05, 3.63) is 108 Å². The lowest BCUT2D eigenvalue weighted by atomic mass is 9.92. The molecule has 0 unspecified atom stereocenters. The third kappa shape index (κ3) is 4.63. The van der Waals surface area contributed by atoms with Crippen molar-refractivity contribution in [1.29, 1.82) is 0 Å². The number of amidine groups is 1. The van der Waals surface area contributed by atoms with Crippen LogP contribution < -0.4 is 10.2 Å². The van der Waals surface area contributed by atoms with Gasteiger partial charge in [-0.1, -0.05) is 60.3 Å². The van der Waals surface area contributed by atoms with Crippen molar-refractivity contribution in [3.63, 3.8) is 0 Å². The molecule has 0 bridgehead atoms. The highest BCUT2D eigenvalue weighted by Gasteiger charge is 2.55. The van der Waals surface area contributed by atoms with Crippen molar-refractivity contribution in [2.75, 3.05) is 16.0 Å². The van der Waals surface area contributed by atoms with Gasteiger partial charge in [-0.25, -0.2) is 9.38 Å². The zero-order valence-electron chi connectivity index (χ0n) is 20.9. The zero-order valence-corrected chi connectivity index (χ0v) is 21.7. The molecule has 37 heavy (non-hydrogen) atoms. The molecule has 0 aliphatic carbocycles. The molecule has 1 fully saturated rings. The monoisotopic (exact) mass is 516 g/mol. The van der Waals surface area contributed by atoms with E-state index in [4.69, 9.17) is 4.99 Å². The number of para-hydroxylation sites is 2.